The van der Waals surface area contributed by atoms with Crippen molar-refractivity contribution in [3.63, 3.8) is 0 Å². The van der Waals surface area contributed by atoms with Crippen molar-refractivity contribution in [3.8, 4) is 0 Å². The van der Waals surface area contributed by atoms with Crippen LogP contribution in [0, 0.1) is 0 Å². The van der Waals surface area contributed by atoms with Gasteiger partial charge in [0.1, 0.15) is 5.78 Å². The highest BCUT2D eigenvalue weighted by Gasteiger charge is 2.07. The van der Waals surface area contributed by atoms with Crippen LogP contribution in [0.15, 0.2) is 0 Å². The molecule has 0 bridgehead atoms. The fourth-order valence-corrected chi connectivity index (χ4v) is 1.30. The Morgan fingerprint density at radius 3 is 2.80 bits per heavy atom. The third-order valence-electron chi connectivity index (χ3n) is 2.06. The fraction of sp³-hybridized carbons (Fsp3) is 0.778. The molecule has 15 heavy (non-hydrogen) atoms. The van der Waals surface area contributed by atoms with E-state index in [1.54, 1.807) is 7.05 Å². The summed E-state index contributed by atoms with van der Waals surface area (Å²) in [6.45, 7) is 0.694. The maximum Gasteiger partial charge on any atom is 0.182 e. The molecule has 6 nitrogen and oxygen atoms in total. The third-order valence-corrected chi connectivity index (χ3v) is 2.06. The van der Waals surface area contributed by atoms with E-state index in [1.165, 1.54) is 4.80 Å². The number of ketones is 1. The van der Waals surface area contributed by atoms with Gasteiger partial charge in [-0.1, -0.05) is 6.42 Å². The van der Waals surface area contributed by atoms with E-state index < -0.39 is 0 Å². The predicted molar refractivity (Wildman–Crippen MR) is 55.0 cm³/mol. The van der Waals surface area contributed by atoms with Crippen LogP contribution in [0.25, 0.3) is 0 Å². The Morgan fingerprint density at radius 1 is 1.40 bits per heavy atom. The number of rotatable bonds is 7. The fourth-order valence-electron chi connectivity index (χ4n) is 1.30. The van der Waals surface area contributed by atoms with Crippen LogP contribution in [0.4, 0.5) is 0 Å². The molecule has 0 atom stereocenters. The average molecular weight is 211 g/mol. The first-order valence-corrected chi connectivity index (χ1v) is 5.17. The van der Waals surface area contributed by atoms with Crippen molar-refractivity contribution >= 4 is 5.78 Å². The zero-order valence-corrected chi connectivity index (χ0v) is 9.02. The van der Waals surface area contributed by atoms with Crippen molar-refractivity contribution in [2.75, 3.05) is 6.54 Å². The van der Waals surface area contributed by atoms with Gasteiger partial charge in [-0.05, 0) is 24.6 Å². The van der Waals surface area contributed by atoms with Crippen LogP contribution < -0.4 is 5.73 Å². The first-order chi connectivity index (χ1) is 7.22. The number of nitrogens with zero attached hydrogens (tertiary/aromatic N) is 4. The van der Waals surface area contributed by atoms with Gasteiger partial charge in [0, 0.05) is 6.42 Å². The minimum absolute atomic E-state index is 0.167. The lowest BCUT2D eigenvalue weighted by Crippen LogP contribution is -2.05. The van der Waals surface area contributed by atoms with Gasteiger partial charge in [-0.3, -0.25) is 4.79 Å². The van der Waals surface area contributed by atoms with Gasteiger partial charge in [0.05, 0.1) is 13.5 Å². The van der Waals surface area contributed by atoms with Gasteiger partial charge < -0.3 is 5.73 Å². The monoisotopic (exact) mass is 211 g/mol. The zero-order chi connectivity index (χ0) is 11.1. The van der Waals surface area contributed by atoms with Crippen LogP contribution in [0.3, 0.4) is 0 Å². The number of nitrogens with two attached hydrogens (primary N) is 1. The highest BCUT2D eigenvalue weighted by atomic mass is 16.1. The number of hydrogen-bond donors (Lipinski definition) is 1. The maximum absolute atomic E-state index is 11.4. The van der Waals surface area contributed by atoms with E-state index in [4.69, 9.17) is 5.73 Å². The molecule has 1 aromatic rings. The molecule has 0 unspecified atom stereocenters. The lowest BCUT2D eigenvalue weighted by molar-refractivity contribution is -0.118. The van der Waals surface area contributed by atoms with Crippen LogP contribution in [0.1, 0.15) is 31.5 Å². The molecule has 2 N–H and O–H groups in total. The van der Waals surface area contributed by atoms with Crippen molar-refractivity contribution < 1.29 is 4.79 Å². The van der Waals surface area contributed by atoms with E-state index in [9.17, 15) is 4.79 Å². The molecule has 0 aliphatic heterocycles. The molecule has 0 saturated carbocycles. The molecule has 0 saturated heterocycles. The van der Waals surface area contributed by atoms with Gasteiger partial charge in [0.2, 0.25) is 0 Å². The normalized spacial score (nSPS) is 10.5. The van der Waals surface area contributed by atoms with Crippen molar-refractivity contribution in [3.05, 3.63) is 5.82 Å². The molecule has 0 aromatic carbocycles. The summed E-state index contributed by atoms with van der Waals surface area (Å²) in [6, 6.07) is 0. The molecule has 0 amide bonds. The van der Waals surface area contributed by atoms with E-state index in [0.717, 1.165) is 19.3 Å². The number of carbonyl (C=O) groups is 1. The van der Waals surface area contributed by atoms with Gasteiger partial charge in [0.15, 0.2) is 5.82 Å². The average Bonchev–Trinajstić information content (AvgIpc) is 2.59. The Balaban J connectivity index is 2.18. The standard InChI is InChI=1S/C9H17N5O/c1-14-12-9(11-13-14)7-8(15)5-3-2-4-6-10/h2-7,10H2,1H3. The van der Waals surface area contributed by atoms with E-state index in [-0.39, 0.29) is 12.2 Å². The topological polar surface area (TPSA) is 86.7 Å². The summed E-state index contributed by atoms with van der Waals surface area (Å²) in [5, 5.41) is 11.4. The molecular formula is C9H17N5O. The Labute approximate surface area is 88.8 Å². The van der Waals surface area contributed by atoms with Crippen LogP contribution in [-0.4, -0.2) is 32.5 Å². The predicted octanol–water partition coefficient (Wildman–Crippen LogP) is -0.159. The van der Waals surface area contributed by atoms with Crippen molar-refractivity contribution in [2.45, 2.75) is 32.1 Å². The second-order valence-corrected chi connectivity index (χ2v) is 3.51. The third kappa shape index (κ3) is 4.64. The lowest BCUT2D eigenvalue weighted by Gasteiger charge is -1.97. The van der Waals surface area contributed by atoms with Gasteiger partial charge in [0.25, 0.3) is 0 Å². The molecule has 1 aromatic heterocycles. The van der Waals surface area contributed by atoms with E-state index >= 15 is 0 Å². The number of unbranched alkanes of at least 4 members (excludes halogenated alkanes) is 2. The number of aryl methyl sites for hydroxylation is 1. The van der Waals surface area contributed by atoms with Gasteiger partial charge in [-0.2, -0.15) is 4.80 Å². The number of tetrazole rings is 1. The minimum Gasteiger partial charge on any atom is -0.330 e. The summed E-state index contributed by atoms with van der Waals surface area (Å²) < 4.78 is 0. The van der Waals surface area contributed by atoms with E-state index in [0.29, 0.717) is 18.8 Å². The molecule has 0 aliphatic carbocycles. The van der Waals surface area contributed by atoms with Crippen LogP contribution in [0.2, 0.25) is 0 Å². The molecule has 0 spiro atoms. The van der Waals surface area contributed by atoms with Crippen LogP contribution in [-0.2, 0) is 18.3 Å². The first-order valence-electron chi connectivity index (χ1n) is 5.17. The highest BCUT2D eigenvalue weighted by molar-refractivity contribution is 5.79. The van der Waals surface area contributed by atoms with Gasteiger partial charge >= 0.3 is 0 Å². The number of hydrogen-bond acceptors (Lipinski definition) is 5. The Bertz CT molecular complexity index is 309. The molecule has 0 aliphatic rings. The van der Waals surface area contributed by atoms with Crippen molar-refractivity contribution in [2.24, 2.45) is 12.8 Å². The SMILES string of the molecule is Cn1nnc(CC(=O)CCCCCN)n1. The Kier molecular flexibility index (Phi) is 4.89. The summed E-state index contributed by atoms with van der Waals surface area (Å²) in [6.07, 6.45) is 3.76. The second kappa shape index (κ2) is 6.23. The van der Waals surface area contributed by atoms with Crippen molar-refractivity contribution in [1.29, 1.82) is 0 Å². The van der Waals surface area contributed by atoms with Crippen LogP contribution in [0.5, 0.6) is 0 Å². The Morgan fingerprint density at radius 2 is 2.20 bits per heavy atom. The molecule has 1 rings (SSSR count). The van der Waals surface area contributed by atoms with E-state index in [2.05, 4.69) is 15.4 Å². The van der Waals surface area contributed by atoms with Gasteiger partial charge in [-0.25, -0.2) is 0 Å². The maximum atomic E-state index is 11.4. The summed E-state index contributed by atoms with van der Waals surface area (Å²) in [5.41, 5.74) is 5.36. The zero-order valence-electron chi connectivity index (χ0n) is 9.02. The second-order valence-electron chi connectivity index (χ2n) is 3.51. The van der Waals surface area contributed by atoms with E-state index in [1.807, 2.05) is 0 Å². The molecule has 0 fully saturated rings. The number of carbonyl (C=O) groups excluding carboxylic acids is 1. The first kappa shape index (κ1) is 11.8. The van der Waals surface area contributed by atoms with Gasteiger partial charge in [-0.15, -0.1) is 10.2 Å². The Hall–Kier alpha value is -1.30. The molecule has 1 heterocycles. The summed E-state index contributed by atoms with van der Waals surface area (Å²) in [7, 11) is 1.68. The minimum atomic E-state index is 0.167. The summed E-state index contributed by atoms with van der Waals surface area (Å²) in [4.78, 5) is 12.8. The summed E-state index contributed by atoms with van der Waals surface area (Å²) in [5.74, 6) is 0.668. The smallest absolute Gasteiger partial charge is 0.182 e. The quantitative estimate of drug-likeness (QED) is 0.633. The summed E-state index contributed by atoms with van der Waals surface area (Å²) >= 11 is 0. The molecule has 0 radical (unpaired) electrons. The number of aromatic nitrogens is 4. The number of Topliss-reactive ketones (excluding diaryl/α,β-unsaturated/α-hetero) is 1. The van der Waals surface area contributed by atoms with Crippen molar-refractivity contribution in [1.82, 2.24) is 20.2 Å². The molecular weight excluding hydrogens is 194 g/mol. The molecule has 6 heteroatoms. The lowest BCUT2D eigenvalue weighted by atomic mass is 10.1. The van der Waals surface area contributed by atoms with Crippen LogP contribution >= 0.6 is 0 Å². The largest absolute Gasteiger partial charge is 0.330 e. The highest BCUT2D eigenvalue weighted by Crippen LogP contribution is 2.02. The molecule has 84 valence electrons.